The first kappa shape index (κ1) is 22.6. The van der Waals surface area contributed by atoms with Crippen molar-refractivity contribution in [2.45, 2.75) is 13.0 Å². The van der Waals surface area contributed by atoms with Crippen molar-refractivity contribution in [3.8, 4) is 11.5 Å². The van der Waals surface area contributed by atoms with Crippen molar-refractivity contribution in [1.29, 1.82) is 0 Å². The highest BCUT2D eigenvalue weighted by Gasteiger charge is 2.49. The van der Waals surface area contributed by atoms with E-state index in [0.717, 1.165) is 10.3 Å². The summed E-state index contributed by atoms with van der Waals surface area (Å²) < 4.78 is 11.8. The summed E-state index contributed by atoms with van der Waals surface area (Å²) in [6, 6.07) is 18.8. The molecule has 1 aliphatic rings. The van der Waals surface area contributed by atoms with E-state index in [4.69, 9.17) is 9.47 Å². The fraction of sp³-hybridized carbons (Fsp3) is 0.148. The number of fused-ring (bicyclic) bond motifs is 1. The van der Waals surface area contributed by atoms with Crippen LogP contribution in [0.5, 0.6) is 11.5 Å². The third-order valence-corrected chi connectivity index (χ3v) is 7.03. The summed E-state index contributed by atoms with van der Waals surface area (Å²) in [5, 5.41) is 11.7. The molecular weight excluding hydrogens is 464 g/mol. The van der Waals surface area contributed by atoms with E-state index in [2.05, 4.69) is 4.98 Å². The van der Waals surface area contributed by atoms with Crippen LogP contribution in [-0.4, -0.2) is 36.0 Å². The Bertz CT molecular complexity index is 1460. The minimum atomic E-state index is -0.947. The first-order valence-corrected chi connectivity index (χ1v) is 11.7. The second kappa shape index (κ2) is 8.88. The van der Waals surface area contributed by atoms with Crippen molar-refractivity contribution in [3.05, 3.63) is 89.0 Å². The molecule has 1 aliphatic heterocycles. The number of aromatic nitrogens is 1. The number of ether oxygens (including phenoxy) is 2. The van der Waals surface area contributed by atoms with Gasteiger partial charge < -0.3 is 14.6 Å². The predicted molar refractivity (Wildman–Crippen MR) is 135 cm³/mol. The summed E-state index contributed by atoms with van der Waals surface area (Å²) in [5.74, 6) is -0.834. The van der Waals surface area contributed by atoms with Crippen LogP contribution >= 0.6 is 11.3 Å². The SMILES string of the molecule is COc1ccc([C@H]2C(=C(O)c3ccc(C)cc3)C(=O)C(=O)N2c2nc3ccccc3s2)c(OC)c1. The van der Waals surface area contributed by atoms with Crippen molar-refractivity contribution in [1.82, 2.24) is 4.98 Å². The number of thiazole rings is 1. The van der Waals surface area contributed by atoms with Gasteiger partial charge in [-0.25, -0.2) is 4.98 Å². The normalized spacial score (nSPS) is 17.2. The predicted octanol–water partition coefficient (Wildman–Crippen LogP) is 5.25. The molecule has 1 aromatic heterocycles. The van der Waals surface area contributed by atoms with E-state index in [0.29, 0.717) is 33.3 Å². The number of nitrogens with zero attached hydrogens (tertiary/aromatic N) is 2. The molecule has 0 aliphatic carbocycles. The van der Waals surface area contributed by atoms with Crippen molar-refractivity contribution < 1.29 is 24.2 Å². The Morgan fingerprint density at radius 1 is 1.00 bits per heavy atom. The van der Waals surface area contributed by atoms with Crippen LogP contribution in [0.15, 0.2) is 72.3 Å². The summed E-state index contributed by atoms with van der Waals surface area (Å²) in [7, 11) is 3.04. The summed E-state index contributed by atoms with van der Waals surface area (Å²) in [5.41, 5.74) is 2.66. The largest absolute Gasteiger partial charge is 0.507 e. The standard InChI is InChI=1S/C27H22N2O5S/c1-15-8-10-16(11-9-15)24(30)22-23(18-13-12-17(33-2)14-20(18)34-3)29(26(32)25(22)31)27-28-19-6-4-5-7-21(19)35-27/h4-14,23,30H,1-3H3/t23-/m0/s1. The highest BCUT2D eigenvalue weighted by Crippen LogP contribution is 2.47. The van der Waals surface area contributed by atoms with E-state index >= 15 is 0 Å². The molecule has 5 rings (SSSR count). The maximum atomic E-state index is 13.4. The summed E-state index contributed by atoms with van der Waals surface area (Å²) in [4.78, 5) is 32.8. The number of aliphatic hydroxyl groups excluding tert-OH is 1. The molecule has 4 aromatic rings. The smallest absolute Gasteiger partial charge is 0.301 e. The topological polar surface area (TPSA) is 89.0 Å². The van der Waals surface area contributed by atoms with Gasteiger partial charge in [-0.1, -0.05) is 53.3 Å². The number of rotatable bonds is 5. The van der Waals surface area contributed by atoms with Gasteiger partial charge in [0.2, 0.25) is 0 Å². The number of hydrogen-bond acceptors (Lipinski definition) is 7. The van der Waals surface area contributed by atoms with Crippen LogP contribution in [0, 0.1) is 6.92 Å². The molecule has 3 aromatic carbocycles. The van der Waals surface area contributed by atoms with E-state index in [1.54, 1.807) is 37.4 Å². The second-order valence-electron chi connectivity index (χ2n) is 8.11. The summed E-state index contributed by atoms with van der Waals surface area (Å²) in [6.07, 6.45) is 0. The fourth-order valence-electron chi connectivity index (χ4n) is 4.20. The van der Waals surface area contributed by atoms with E-state index in [1.807, 2.05) is 43.3 Å². The van der Waals surface area contributed by atoms with Gasteiger partial charge in [0.15, 0.2) is 5.13 Å². The molecule has 0 saturated carbocycles. The van der Waals surface area contributed by atoms with Gasteiger partial charge in [-0.15, -0.1) is 0 Å². The van der Waals surface area contributed by atoms with Crippen molar-refractivity contribution in [2.24, 2.45) is 0 Å². The minimum Gasteiger partial charge on any atom is -0.507 e. The van der Waals surface area contributed by atoms with Gasteiger partial charge >= 0.3 is 5.91 Å². The molecular formula is C27H22N2O5S. The molecule has 1 saturated heterocycles. The van der Waals surface area contributed by atoms with Gasteiger partial charge in [-0.3, -0.25) is 14.5 Å². The van der Waals surface area contributed by atoms with Crippen LogP contribution in [0.4, 0.5) is 5.13 Å². The van der Waals surface area contributed by atoms with Gasteiger partial charge in [-0.2, -0.15) is 0 Å². The number of methoxy groups -OCH3 is 2. The summed E-state index contributed by atoms with van der Waals surface area (Å²) >= 11 is 1.30. The Kier molecular flexibility index (Phi) is 5.74. The maximum absolute atomic E-state index is 13.4. The Morgan fingerprint density at radius 2 is 1.74 bits per heavy atom. The number of aryl methyl sites for hydroxylation is 1. The van der Waals surface area contributed by atoms with Gasteiger partial charge in [0.05, 0.1) is 30.0 Å². The lowest BCUT2D eigenvalue weighted by molar-refractivity contribution is -0.132. The highest BCUT2D eigenvalue weighted by molar-refractivity contribution is 7.22. The third-order valence-electron chi connectivity index (χ3n) is 5.99. The average molecular weight is 487 g/mol. The van der Waals surface area contributed by atoms with Gasteiger partial charge in [0.1, 0.15) is 23.3 Å². The molecule has 8 heteroatoms. The fourth-order valence-corrected chi connectivity index (χ4v) is 5.19. The number of para-hydroxylation sites is 1. The zero-order valence-electron chi connectivity index (χ0n) is 19.3. The lowest BCUT2D eigenvalue weighted by atomic mass is 9.94. The molecule has 0 unspecified atom stereocenters. The monoisotopic (exact) mass is 486 g/mol. The van der Waals surface area contributed by atoms with E-state index < -0.39 is 17.7 Å². The Labute approximate surface area is 205 Å². The number of amides is 1. The van der Waals surface area contributed by atoms with E-state index in [9.17, 15) is 14.7 Å². The quantitative estimate of drug-likeness (QED) is 0.236. The number of ketones is 1. The molecule has 1 fully saturated rings. The van der Waals surface area contributed by atoms with E-state index in [-0.39, 0.29) is 11.3 Å². The van der Waals surface area contributed by atoms with Crippen LogP contribution in [0.2, 0.25) is 0 Å². The molecule has 1 N–H and O–H groups in total. The molecule has 2 heterocycles. The average Bonchev–Trinajstić information content (AvgIpc) is 3.42. The number of carbonyl (C=O) groups excluding carboxylic acids is 2. The number of Topliss-reactive ketones (excluding diaryl/α,β-unsaturated/α-hetero) is 1. The number of carbonyl (C=O) groups is 2. The van der Waals surface area contributed by atoms with Crippen LogP contribution in [0.3, 0.4) is 0 Å². The first-order valence-electron chi connectivity index (χ1n) is 10.9. The lowest BCUT2D eigenvalue weighted by Gasteiger charge is -2.24. The lowest BCUT2D eigenvalue weighted by Crippen LogP contribution is -2.29. The van der Waals surface area contributed by atoms with Gasteiger partial charge in [0, 0.05) is 17.2 Å². The Hall–Kier alpha value is -4.17. The molecule has 7 nitrogen and oxygen atoms in total. The minimum absolute atomic E-state index is 0.0263. The van der Waals surface area contributed by atoms with Crippen LogP contribution in [0.25, 0.3) is 16.0 Å². The van der Waals surface area contributed by atoms with E-state index in [1.165, 1.54) is 23.3 Å². The number of hydrogen-bond donors (Lipinski definition) is 1. The van der Waals surface area contributed by atoms with Crippen LogP contribution in [-0.2, 0) is 9.59 Å². The molecule has 0 radical (unpaired) electrons. The number of aliphatic hydroxyl groups is 1. The van der Waals surface area contributed by atoms with Gasteiger partial charge in [0.25, 0.3) is 5.78 Å². The van der Waals surface area contributed by atoms with Crippen molar-refractivity contribution in [2.75, 3.05) is 19.1 Å². The molecule has 1 amide bonds. The molecule has 0 spiro atoms. The highest BCUT2D eigenvalue weighted by atomic mass is 32.1. The molecule has 35 heavy (non-hydrogen) atoms. The van der Waals surface area contributed by atoms with Crippen LogP contribution in [0.1, 0.15) is 22.7 Å². The Balaban J connectivity index is 1.77. The Morgan fingerprint density at radius 3 is 2.43 bits per heavy atom. The summed E-state index contributed by atoms with van der Waals surface area (Å²) in [6.45, 7) is 1.93. The van der Waals surface area contributed by atoms with Gasteiger partial charge in [-0.05, 0) is 31.2 Å². The third kappa shape index (κ3) is 3.81. The molecule has 176 valence electrons. The molecule has 0 bridgehead atoms. The second-order valence-corrected chi connectivity index (χ2v) is 9.12. The zero-order chi connectivity index (χ0) is 24.7. The van der Waals surface area contributed by atoms with Crippen LogP contribution < -0.4 is 14.4 Å². The van der Waals surface area contributed by atoms with Crippen molar-refractivity contribution in [3.63, 3.8) is 0 Å². The number of benzene rings is 3. The number of anilines is 1. The maximum Gasteiger partial charge on any atom is 0.301 e. The first-order chi connectivity index (χ1) is 16.9. The molecule has 1 atom stereocenters. The van der Waals surface area contributed by atoms with Crippen molar-refractivity contribution >= 4 is 44.1 Å². The zero-order valence-corrected chi connectivity index (χ0v) is 20.1.